The van der Waals surface area contributed by atoms with Crippen LogP contribution >= 0.6 is 0 Å². The maximum Gasteiger partial charge on any atom is 0.416 e. The molecule has 158 valence electrons. The second kappa shape index (κ2) is 10.9. The SMILES string of the molecule is CC(c1ccc(C(F)(F)F)cc1)N1CCC(CCCO)OC1=O.c1ccccc1. The number of hydrogen-bond donors (Lipinski definition) is 1. The van der Waals surface area contributed by atoms with Gasteiger partial charge in [-0.2, -0.15) is 13.2 Å². The number of benzene rings is 2. The van der Waals surface area contributed by atoms with Gasteiger partial charge in [0.2, 0.25) is 0 Å². The van der Waals surface area contributed by atoms with Crippen molar-refractivity contribution in [2.75, 3.05) is 13.2 Å². The molecule has 1 aliphatic rings. The molecule has 2 atom stereocenters. The van der Waals surface area contributed by atoms with Gasteiger partial charge in [0.25, 0.3) is 0 Å². The fourth-order valence-electron chi connectivity index (χ4n) is 3.03. The molecule has 0 saturated carbocycles. The van der Waals surface area contributed by atoms with Gasteiger partial charge >= 0.3 is 12.3 Å². The molecule has 1 N–H and O–H groups in total. The third-order valence-electron chi connectivity index (χ3n) is 4.73. The van der Waals surface area contributed by atoms with E-state index in [2.05, 4.69) is 0 Å². The molecule has 29 heavy (non-hydrogen) atoms. The maximum atomic E-state index is 12.6. The second-order valence-corrected chi connectivity index (χ2v) is 6.80. The van der Waals surface area contributed by atoms with Crippen molar-refractivity contribution in [1.29, 1.82) is 0 Å². The van der Waals surface area contributed by atoms with Gasteiger partial charge in [-0.25, -0.2) is 4.79 Å². The van der Waals surface area contributed by atoms with Gasteiger partial charge in [0.15, 0.2) is 0 Å². The molecular weight excluding hydrogens is 383 g/mol. The first-order valence-corrected chi connectivity index (χ1v) is 9.58. The second-order valence-electron chi connectivity index (χ2n) is 6.80. The lowest BCUT2D eigenvalue weighted by atomic mass is 10.0. The number of cyclic esters (lactones) is 1. The highest BCUT2D eigenvalue weighted by Gasteiger charge is 2.32. The maximum absolute atomic E-state index is 12.6. The minimum atomic E-state index is -4.37. The predicted molar refractivity (Wildman–Crippen MR) is 104 cm³/mol. The van der Waals surface area contributed by atoms with Crippen molar-refractivity contribution in [3.8, 4) is 0 Å². The van der Waals surface area contributed by atoms with E-state index in [-0.39, 0.29) is 18.8 Å². The molecule has 1 aliphatic heterocycles. The van der Waals surface area contributed by atoms with Crippen molar-refractivity contribution in [2.24, 2.45) is 0 Å². The van der Waals surface area contributed by atoms with Gasteiger partial charge in [-0.15, -0.1) is 0 Å². The van der Waals surface area contributed by atoms with Crippen LogP contribution in [0.4, 0.5) is 18.0 Å². The standard InChI is InChI=1S/C16H20F3NO3.C6H6/c1-11(12-4-6-13(7-5-12)16(17,18)19)20-9-8-14(3-2-10-21)23-15(20)22;1-2-4-6-5-3-1/h4-7,11,14,21H,2-3,8-10H2,1H3;1-6H. The average Bonchev–Trinajstić information content (AvgIpc) is 2.73. The van der Waals surface area contributed by atoms with Crippen LogP contribution in [-0.2, 0) is 10.9 Å². The number of alkyl halides is 3. The van der Waals surface area contributed by atoms with E-state index in [1.54, 1.807) is 6.92 Å². The number of aliphatic hydroxyl groups is 1. The van der Waals surface area contributed by atoms with Gasteiger partial charge in [0.05, 0.1) is 11.6 Å². The summed E-state index contributed by atoms with van der Waals surface area (Å²) in [6.07, 6.45) is -3.20. The lowest BCUT2D eigenvalue weighted by Gasteiger charge is -2.35. The number of amides is 1. The highest BCUT2D eigenvalue weighted by atomic mass is 19.4. The van der Waals surface area contributed by atoms with Crippen molar-refractivity contribution in [2.45, 2.75) is 44.5 Å². The highest BCUT2D eigenvalue weighted by Crippen LogP contribution is 2.31. The van der Waals surface area contributed by atoms with E-state index in [1.807, 2.05) is 36.4 Å². The molecule has 1 amide bonds. The molecule has 0 radical (unpaired) electrons. The van der Waals surface area contributed by atoms with Crippen LogP contribution in [0, 0.1) is 0 Å². The smallest absolute Gasteiger partial charge is 0.416 e. The van der Waals surface area contributed by atoms with E-state index in [4.69, 9.17) is 9.84 Å². The summed E-state index contributed by atoms with van der Waals surface area (Å²) in [4.78, 5) is 13.6. The summed E-state index contributed by atoms with van der Waals surface area (Å²) in [7, 11) is 0. The molecular formula is C22H26F3NO3. The zero-order chi connectivity index (χ0) is 21.3. The number of nitrogens with zero attached hydrogens (tertiary/aromatic N) is 1. The Morgan fingerprint density at radius 1 is 1.10 bits per heavy atom. The largest absolute Gasteiger partial charge is 0.446 e. The summed E-state index contributed by atoms with van der Waals surface area (Å²) in [5.74, 6) is 0. The van der Waals surface area contributed by atoms with E-state index in [9.17, 15) is 18.0 Å². The summed E-state index contributed by atoms with van der Waals surface area (Å²) in [6, 6.07) is 16.5. The number of hydrogen-bond acceptors (Lipinski definition) is 3. The van der Waals surface area contributed by atoms with Gasteiger partial charge in [0.1, 0.15) is 6.10 Å². The van der Waals surface area contributed by atoms with Gasteiger partial charge in [0, 0.05) is 19.6 Å². The number of rotatable bonds is 5. The topological polar surface area (TPSA) is 49.8 Å². The van der Waals surface area contributed by atoms with Crippen LogP contribution in [0.5, 0.6) is 0 Å². The molecule has 3 rings (SSSR count). The van der Waals surface area contributed by atoms with Crippen LogP contribution in [0.3, 0.4) is 0 Å². The fraction of sp³-hybridized carbons (Fsp3) is 0.409. The van der Waals surface area contributed by atoms with Crippen molar-refractivity contribution >= 4 is 6.09 Å². The van der Waals surface area contributed by atoms with Crippen LogP contribution in [0.2, 0.25) is 0 Å². The van der Waals surface area contributed by atoms with Gasteiger partial charge in [-0.05, 0) is 37.5 Å². The van der Waals surface area contributed by atoms with Crippen LogP contribution in [0.25, 0.3) is 0 Å². The lowest BCUT2D eigenvalue weighted by Crippen LogP contribution is -2.43. The van der Waals surface area contributed by atoms with Crippen molar-refractivity contribution in [3.63, 3.8) is 0 Å². The molecule has 0 aromatic heterocycles. The van der Waals surface area contributed by atoms with E-state index in [1.165, 1.54) is 17.0 Å². The Balaban J connectivity index is 0.000000426. The predicted octanol–water partition coefficient (Wildman–Crippen LogP) is 5.44. The summed E-state index contributed by atoms with van der Waals surface area (Å²) in [5.41, 5.74) is -0.0810. The monoisotopic (exact) mass is 409 g/mol. The Bertz CT molecular complexity index is 709. The average molecular weight is 409 g/mol. The quantitative estimate of drug-likeness (QED) is 0.716. The summed E-state index contributed by atoms with van der Waals surface area (Å²) in [5, 5.41) is 8.80. The Morgan fingerprint density at radius 2 is 1.66 bits per heavy atom. The Kier molecular flexibility index (Phi) is 8.51. The zero-order valence-electron chi connectivity index (χ0n) is 16.3. The minimum absolute atomic E-state index is 0.0553. The van der Waals surface area contributed by atoms with Crippen LogP contribution in [0.1, 0.15) is 43.4 Å². The van der Waals surface area contributed by atoms with Crippen LogP contribution in [-0.4, -0.2) is 35.4 Å². The lowest BCUT2D eigenvalue weighted by molar-refractivity contribution is -0.137. The molecule has 0 bridgehead atoms. The van der Waals surface area contributed by atoms with Crippen LogP contribution < -0.4 is 0 Å². The molecule has 1 saturated heterocycles. The fourth-order valence-corrected chi connectivity index (χ4v) is 3.03. The molecule has 4 nitrogen and oxygen atoms in total. The number of halogens is 3. The number of aliphatic hydroxyl groups excluding tert-OH is 1. The Labute approximate surface area is 168 Å². The van der Waals surface area contributed by atoms with E-state index < -0.39 is 17.8 Å². The van der Waals surface area contributed by atoms with Gasteiger partial charge in [-0.1, -0.05) is 48.5 Å². The molecule has 7 heteroatoms. The first-order valence-electron chi connectivity index (χ1n) is 9.58. The number of carbonyl (C=O) groups excluding carboxylic acids is 1. The minimum Gasteiger partial charge on any atom is -0.446 e. The molecule has 2 unspecified atom stereocenters. The van der Waals surface area contributed by atoms with Crippen molar-refractivity contribution < 1.29 is 27.8 Å². The van der Waals surface area contributed by atoms with Crippen molar-refractivity contribution in [1.82, 2.24) is 4.90 Å². The first kappa shape index (κ1) is 22.7. The highest BCUT2D eigenvalue weighted by molar-refractivity contribution is 5.69. The zero-order valence-corrected chi connectivity index (χ0v) is 16.3. The number of ether oxygens (including phenoxy) is 1. The third-order valence-corrected chi connectivity index (χ3v) is 4.73. The molecule has 2 aromatic carbocycles. The molecule has 0 spiro atoms. The normalized spacial score (nSPS) is 17.8. The summed E-state index contributed by atoms with van der Waals surface area (Å²) >= 11 is 0. The third kappa shape index (κ3) is 7.09. The molecule has 1 heterocycles. The molecule has 1 fully saturated rings. The van der Waals surface area contributed by atoms with Gasteiger partial charge in [-0.3, -0.25) is 0 Å². The number of carbonyl (C=O) groups is 1. The first-order chi connectivity index (χ1) is 13.8. The molecule has 2 aromatic rings. The van der Waals surface area contributed by atoms with Crippen molar-refractivity contribution in [3.05, 3.63) is 71.8 Å². The van der Waals surface area contributed by atoms with E-state index in [0.29, 0.717) is 31.4 Å². The summed E-state index contributed by atoms with van der Waals surface area (Å²) in [6.45, 7) is 2.30. The molecule has 0 aliphatic carbocycles. The van der Waals surface area contributed by atoms with E-state index >= 15 is 0 Å². The Hall–Kier alpha value is -2.54. The van der Waals surface area contributed by atoms with Gasteiger partial charge < -0.3 is 14.7 Å². The van der Waals surface area contributed by atoms with Crippen LogP contribution in [0.15, 0.2) is 60.7 Å². The Morgan fingerprint density at radius 3 is 2.10 bits per heavy atom. The summed E-state index contributed by atoms with van der Waals surface area (Å²) < 4.78 is 43.1. The van der Waals surface area contributed by atoms with E-state index in [0.717, 1.165) is 12.1 Å².